The van der Waals surface area contributed by atoms with Crippen LogP contribution in [0.25, 0.3) is 0 Å². The third-order valence-electron chi connectivity index (χ3n) is 2.96. The molecule has 0 saturated carbocycles. The van der Waals surface area contributed by atoms with Crippen LogP contribution < -0.4 is 0 Å². The molecule has 0 heterocycles. The van der Waals surface area contributed by atoms with E-state index >= 15 is 0 Å². The number of aliphatic imine (C=N–C) groups is 1. The predicted molar refractivity (Wildman–Crippen MR) is 76.0 cm³/mol. The van der Waals surface area contributed by atoms with Gasteiger partial charge >= 0.3 is 0 Å². The number of aryl methyl sites for hydroxylation is 3. The molecule has 0 saturated heterocycles. The summed E-state index contributed by atoms with van der Waals surface area (Å²) < 4.78 is 0. The van der Waals surface area contributed by atoms with Gasteiger partial charge in [-0.2, -0.15) is 0 Å². The Morgan fingerprint density at radius 1 is 1.00 bits per heavy atom. The molecule has 0 fully saturated rings. The van der Waals surface area contributed by atoms with Gasteiger partial charge < -0.3 is 5.11 Å². The first-order valence-electron chi connectivity index (χ1n) is 5.98. The largest absolute Gasteiger partial charge is 0.507 e. The molecule has 0 amide bonds. The van der Waals surface area contributed by atoms with Crippen LogP contribution in [0.1, 0.15) is 22.3 Å². The monoisotopic (exact) mass is 239 g/mol. The maximum Gasteiger partial charge on any atom is 0.127 e. The van der Waals surface area contributed by atoms with Crippen molar-refractivity contribution in [1.29, 1.82) is 0 Å². The lowest BCUT2D eigenvalue weighted by atomic mass is 10.1. The third-order valence-corrected chi connectivity index (χ3v) is 2.96. The van der Waals surface area contributed by atoms with E-state index < -0.39 is 0 Å². The number of hydrogen-bond acceptors (Lipinski definition) is 2. The lowest BCUT2D eigenvalue weighted by molar-refractivity contribution is 0.470. The predicted octanol–water partition coefficient (Wildman–Crippen LogP) is 4.07. The zero-order valence-electron chi connectivity index (χ0n) is 10.9. The fourth-order valence-corrected chi connectivity index (χ4v) is 1.88. The Bertz CT molecular complexity index is 600. The van der Waals surface area contributed by atoms with Crippen molar-refractivity contribution in [1.82, 2.24) is 0 Å². The molecule has 0 bridgehead atoms. The second-order valence-corrected chi connectivity index (χ2v) is 4.56. The zero-order valence-corrected chi connectivity index (χ0v) is 10.9. The first kappa shape index (κ1) is 12.4. The fraction of sp³-hybridized carbons (Fsp3) is 0.188. The second kappa shape index (κ2) is 5.05. The molecule has 18 heavy (non-hydrogen) atoms. The Morgan fingerprint density at radius 2 is 1.78 bits per heavy atom. The summed E-state index contributed by atoms with van der Waals surface area (Å²) in [5.74, 6) is 0.297. The minimum Gasteiger partial charge on any atom is -0.507 e. The molecule has 2 aromatic rings. The van der Waals surface area contributed by atoms with Crippen molar-refractivity contribution in [3.8, 4) is 5.75 Å². The van der Waals surface area contributed by atoms with E-state index in [-0.39, 0.29) is 0 Å². The van der Waals surface area contributed by atoms with E-state index in [4.69, 9.17) is 0 Å². The van der Waals surface area contributed by atoms with Gasteiger partial charge in [0.15, 0.2) is 0 Å². The normalized spacial score (nSPS) is 11.1. The number of hydrogen-bond donors (Lipinski definition) is 1. The molecular weight excluding hydrogens is 222 g/mol. The van der Waals surface area contributed by atoms with Crippen LogP contribution in [-0.2, 0) is 0 Å². The van der Waals surface area contributed by atoms with Crippen molar-refractivity contribution in [2.75, 3.05) is 0 Å². The lowest BCUT2D eigenvalue weighted by Gasteiger charge is -2.03. The third kappa shape index (κ3) is 2.59. The van der Waals surface area contributed by atoms with Crippen LogP contribution in [0.5, 0.6) is 5.75 Å². The van der Waals surface area contributed by atoms with E-state index in [1.807, 2.05) is 44.2 Å². The van der Waals surface area contributed by atoms with Crippen molar-refractivity contribution in [3.05, 3.63) is 58.7 Å². The van der Waals surface area contributed by atoms with Gasteiger partial charge in [-0.1, -0.05) is 29.8 Å². The van der Waals surface area contributed by atoms with Crippen molar-refractivity contribution in [2.45, 2.75) is 20.8 Å². The van der Waals surface area contributed by atoms with Crippen LogP contribution in [0, 0.1) is 20.8 Å². The van der Waals surface area contributed by atoms with E-state index in [0.717, 1.165) is 22.4 Å². The van der Waals surface area contributed by atoms with E-state index in [2.05, 4.69) is 18.0 Å². The Labute approximate surface area is 108 Å². The van der Waals surface area contributed by atoms with Crippen molar-refractivity contribution in [3.63, 3.8) is 0 Å². The SMILES string of the molecule is Cc1ccc(N=Cc2cccc(C)c2O)c(C)c1. The Morgan fingerprint density at radius 3 is 2.50 bits per heavy atom. The van der Waals surface area contributed by atoms with E-state index in [1.54, 1.807) is 6.21 Å². The molecule has 92 valence electrons. The Kier molecular flexibility index (Phi) is 3.47. The highest BCUT2D eigenvalue weighted by Gasteiger charge is 2.01. The number of rotatable bonds is 2. The van der Waals surface area contributed by atoms with Crippen LogP contribution in [0.15, 0.2) is 41.4 Å². The highest BCUT2D eigenvalue weighted by molar-refractivity contribution is 5.86. The highest BCUT2D eigenvalue weighted by atomic mass is 16.3. The molecule has 0 aliphatic rings. The maximum absolute atomic E-state index is 9.90. The van der Waals surface area contributed by atoms with Gasteiger partial charge in [0, 0.05) is 11.8 Å². The van der Waals surface area contributed by atoms with Gasteiger partial charge in [0.05, 0.1) is 5.69 Å². The highest BCUT2D eigenvalue weighted by Crippen LogP contribution is 2.22. The summed E-state index contributed by atoms with van der Waals surface area (Å²) in [4.78, 5) is 4.43. The average molecular weight is 239 g/mol. The number of phenols is 1. The van der Waals surface area contributed by atoms with Gasteiger partial charge in [-0.05, 0) is 44.0 Å². The first-order valence-corrected chi connectivity index (χ1v) is 5.98. The summed E-state index contributed by atoms with van der Waals surface area (Å²) >= 11 is 0. The summed E-state index contributed by atoms with van der Waals surface area (Å²) in [6, 6.07) is 11.8. The number of phenolic OH excluding ortho intramolecular Hbond substituents is 1. The van der Waals surface area contributed by atoms with Crippen LogP contribution in [0.2, 0.25) is 0 Å². The molecule has 0 aliphatic carbocycles. The molecule has 1 N–H and O–H groups in total. The molecule has 0 aliphatic heterocycles. The quantitative estimate of drug-likeness (QED) is 0.787. The van der Waals surface area contributed by atoms with E-state index in [9.17, 15) is 5.11 Å². The molecule has 2 rings (SSSR count). The summed E-state index contributed by atoms with van der Waals surface area (Å²) in [5, 5.41) is 9.90. The van der Waals surface area contributed by atoms with Gasteiger partial charge in [0.2, 0.25) is 0 Å². The molecule has 2 aromatic carbocycles. The Hall–Kier alpha value is -2.09. The van der Waals surface area contributed by atoms with Crippen LogP contribution in [0.3, 0.4) is 0 Å². The van der Waals surface area contributed by atoms with Gasteiger partial charge in [0.25, 0.3) is 0 Å². The number of nitrogens with zero attached hydrogens (tertiary/aromatic N) is 1. The molecule has 0 radical (unpaired) electrons. The van der Waals surface area contributed by atoms with Gasteiger partial charge in [-0.15, -0.1) is 0 Å². The van der Waals surface area contributed by atoms with Crippen molar-refractivity contribution in [2.24, 2.45) is 4.99 Å². The summed E-state index contributed by atoms with van der Waals surface area (Å²) in [6.07, 6.45) is 1.71. The van der Waals surface area contributed by atoms with Gasteiger partial charge in [0.1, 0.15) is 5.75 Å². The summed E-state index contributed by atoms with van der Waals surface area (Å²) in [7, 11) is 0. The zero-order chi connectivity index (χ0) is 13.1. The summed E-state index contributed by atoms with van der Waals surface area (Å²) in [5.41, 5.74) is 4.90. The van der Waals surface area contributed by atoms with Crippen LogP contribution >= 0.6 is 0 Å². The van der Waals surface area contributed by atoms with Crippen LogP contribution in [-0.4, -0.2) is 11.3 Å². The minimum absolute atomic E-state index is 0.297. The Balaban J connectivity index is 2.33. The van der Waals surface area contributed by atoms with Crippen molar-refractivity contribution >= 4 is 11.9 Å². The minimum atomic E-state index is 0.297. The molecular formula is C16H17NO. The molecule has 2 nitrogen and oxygen atoms in total. The standard InChI is InChI=1S/C16H17NO/c1-11-7-8-15(13(3)9-11)17-10-14-6-4-5-12(2)16(14)18/h4-10,18H,1-3H3. The fourth-order valence-electron chi connectivity index (χ4n) is 1.88. The molecule has 2 heteroatoms. The van der Waals surface area contributed by atoms with Gasteiger partial charge in [-0.3, -0.25) is 4.99 Å². The number of benzene rings is 2. The molecule has 0 spiro atoms. The maximum atomic E-state index is 9.90. The molecule has 0 unspecified atom stereocenters. The number of aromatic hydroxyl groups is 1. The molecule has 0 aromatic heterocycles. The smallest absolute Gasteiger partial charge is 0.127 e. The lowest BCUT2D eigenvalue weighted by Crippen LogP contribution is -1.85. The number of para-hydroxylation sites is 1. The van der Waals surface area contributed by atoms with Gasteiger partial charge in [-0.25, -0.2) is 0 Å². The van der Waals surface area contributed by atoms with Crippen molar-refractivity contribution < 1.29 is 5.11 Å². The topological polar surface area (TPSA) is 32.6 Å². The second-order valence-electron chi connectivity index (χ2n) is 4.56. The average Bonchev–Trinajstić information content (AvgIpc) is 2.33. The van der Waals surface area contributed by atoms with Crippen LogP contribution in [0.4, 0.5) is 5.69 Å². The first-order chi connectivity index (χ1) is 8.58. The van der Waals surface area contributed by atoms with E-state index in [1.165, 1.54) is 5.56 Å². The molecule has 0 atom stereocenters. The van der Waals surface area contributed by atoms with E-state index in [0.29, 0.717) is 5.75 Å². The summed E-state index contributed by atoms with van der Waals surface area (Å²) in [6.45, 7) is 5.98.